The number of halogens is 1. The fourth-order valence-corrected chi connectivity index (χ4v) is 4.27. The quantitative estimate of drug-likeness (QED) is 0.368. The molecule has 4 rings (SSSR count). The van der Waals surface area contributed by atoms with Gasteiger partial charge < -0.3 is 9.67 Å². The summed E-state index contributed by atoms with van der Waals surface area (Å²) in [6, 6.07) is 14.2. The minimum absolute atomic E-state index is 0.219. The molecule has 2 heterocycles. The Morgan fingerprint density at radius 1 is 1.18 bits per heavy atom. The van der Waals surface area contributed by atoms with Gasteiger partial charge in [-0.1, -0.05) is 28.9 Å². The number of hydrogen-bond donors (Lipinski definition) is 1. The number of aromatic carboxylic acids is 1. The number of nitrogens with zero attached hydrogens (tertiary/aromatic N) is 4. The maximum absolute atomic E-state index is 13.2. The van der Waals surface area contributed by atoms with Crippen molar-refractivity contribution < 1.29 is 9.90 Å². The Hall–Kier alpha value is -3.52. The second kappa shape index (κ2) is 9.15. The third-order valence-corrected chi connectivity index (χ3v) is 5.98. The average Bonchev–Trinajstić information content (AvgIpc) is 3.07. The van der Waals surface area contributed by atoms with Gasteiger partial charge in [0.15, 0.2) is 0 Å². The molecule has 0 unspecified atom stereocenters. The number of aryl methyl sites for hydroxylation is 2. The third-order valence-electron chi connectivity index (χ3n) is 5.48. The molecule has 168 valence electrons. The number of benzene rings is 2. The van der Waals surface area contributed by atoms with Gasteiger partial charge in [-0.15, -0.1) is 0 Å². The first-order valence-corrected chi connectivity index (χ1v) is 11.4. The first-order valence-electron chi connectivity index (χ1n) is 10.6. The van der Waals surface area contributed by atoms with Crippen LogP contribution in [0.1, 0.15) is 46.5 Å². The fraction of sp³-hybridized carbons (Fsp3) is 0.200. The second-order valence-corrected chi connectivity index (χ2v) is 8.73. The standard InChI is InChI=1S/C25H23BrN4O3/c1-4-6-23-28-22-10-9-19(26)13-21(22)24(31)30(23)27-14-18-11-15(2)29(16(18)3)20-8-5-7-17(12-20)25(32)33/h5,7-14H,4,6H2,1-3H3,(H,32,33). The van der Waals surface area contributed by atoms with Crippen LogP contribution >= 0.6 is 15.9 Å². The van der Waals surface area contributed by atoms with Gasteiger partial charge in [-0.25, -0.2) is 9.78 Å². The first-order chi connectivity index (χ1) is 15.8. The zero-order chi connectivity index (χ0) is 23.7. The van der Waals surface area contributed by atoms with E-state index in [0.717, 1.165) is 33.5 Å². The van der Waals surface area contributed by atoms with E-state index < -0.39 is 5.97 Å². The van der Waals surface area contributed by atoms with Crippen molar-refractivity contribution in [3.63, 3.8) is 0 Å². The lowest BCUT2D eigenvalue weighted by molar-refractivity contribution is 0.0697. The second-order valence-electron chi connectivity index (χ2n) is 7.82. The topological polar surface area (TPSA) is 89.5 Å². The highest BCUT2D eigenvalue weighted by Gasteiger charge is 2.13. The summed E-state index contributed by atoms with van der Waals surface area (Å²) in [6.45, 7) is 5.92. The van der Waals surface area contributed by atoms with Crippen molar-refractivity contribution in [1.82, 2.24) is 14.2 Å². The number of fused-ring (bicyclic) bond motifs is 1. The van der Waals surface area contributed by atoms with Gasteiger partial charge in [0.25, 0.3) is 5.56 Å². The van der Waals surface area contributed by atoms with Crippen molar-refractivity contribution in [3.05, 3.63) is 91.7 Å². The summed E-state index contributed by atoms with van der Waals surface area (Å²) in [7, 11) is 0. The molecule has 0 aliphatic rings. The van der Waals surface area contributed by atoms with Gasteiger partial charge in [0, 0.05) is 33.5 Å². The Balaban J connectivity index is 1.81. The molecule has 2 aromatic heterocycles. The maximum Gasteiger partial charge on any atom is 0.335 e. The number of carboxylic acid groups (broad SMARTS) is 1. The highest BCUT2D eigenvalue weighted by Crippen LogP contribution is 2.21. The molecule has 0 spiro atoms. The van der Waals surface area contributed by atoms with Gasteiger partial charge >= 0.3 is 5.97 Å². The summed E-state index contributed by atoms with van der Waals surface area (Å²) in [4.78, 5) is 29.2. The molecule has 0 aliphatic heterocycles. The van der Waals surface area contributed by atoms with E-state index in [0.29, 0.717) is 23.1 Å². The minimum Gasteiger partial charge on any atom is -0.478 e. The summed E-state index contributed by atoms with van der Waals surface area (Å²) < 4.78 is 4.15. The van der Waals surface area contributed by atoms with E-state index >= 15 is 0 Å². The van der Waals surface area contributed by atoms with E-state index in [-0.39, 0.29) is 11.1 Å². The Kier molecular flexibility index (Phi) is 6.29. The van der Waals surface area contributed by atoms with Crippen molar-refractivity contribution in [2.45, 2.75) is 33.6 Å². The molecule has 0 saturated carbocycles. The van der Waals surface area contributed by atoms with Gasteiger partial charge in [0.2, 0.25) is 0 Å². The van der Waals surface area contributed by atoms with Gasteiger partial charge in [0.05, 0.1) is 22.7 Å². The lowest BCUT2D eigenvalue weighted by atomic mass is 10.2. The van der Waals surface area contributed by atoms with Crippen LogP contribution in [0.15, 0.2) is 62.9 Å². The van der Waals surface area contributed by atoms with Crippen LogP contribution in [0.25, 0.3) is 16.6 Å². The van der Waals surface area contributed by atoms with E-state index in [1.54, 1.807) is 30.5 Å². The monoisotopic (exact) mass is 506 g/mol. The summed E-state index contributed by atoms with van der Waals surface area (Å²) in [5.74, 6) is -0.365. The largest absolute Gasteiger partial charge is 0.478 e. The van der Waals surface area contributed by atoms with Crippen LogP contribution in [0.5, 0.6) is 0 Å². The number of hydrogen-bond acceptors (Lipinski definition) is 4. The smallest absolute Gasteiger partial charge is 0.335 e. The van der Waals surface area contributed by atoms with E-state index in [1.807, 2.05) is 49.6 Å². The van der Waals surface area contributed by atoms with Crippen LogP contribution in [0, 0.1) is 13.8 Å². The van der Waals surface area contributed by atoms with Crippen LogP contribution < -0.4 is 5.56 Å². The van der Waals surface area contributed by atoms with Crippen LogP contribution in [0.2, 0.25) is 0 Å². The molecule has 0 bridgehead atoms. The van der Waals surface area contributed by atoms with Crippen LogP contribution in [-0.2, 0) is 6.42 Å². The fourth-order valence-electron chi connectivity index (χ4n) is 3.91. The van der Waals surface area contributed by atoms with Crippen LogP contribution in [0.3, 0.4) is 0 Å². The Labute approximate surface area is 199 Å². The normalized spacial score (nSPS) is 11.5. The Bertz CT molecular complexity index is 1470. The Morgan fingerprint density at radius 3 is 2.70 bits per heavy atom. The van der Waals surface area contributed by atoms with Gasteiger partial charge in [0.1, 0.15) is 5.82 Å². The molecule has 2 aromatic carbocycles. The number of carbonyl (C=O) groups is 1. The summed E-state index contributed by atoms with van der Waals surface area (Å²) in [5, 5.41) is 14.3. The minimum atomic E-state index is -0.973. The molecular weight excluding hydrogens is 484 g/mol. The van der Waals surface area contributed by atoms with Crippen molar-refractivity contribution in [3.8, 4) is 5.69 Å². The first kappa shape index (κ1) is 22.7. The molecule has 0 radical (unpaired) electrons. The zero-order valence-electron chi connectivity index (χ0n) is 18.5. The van der Waals surface area contributed by atoms with Gasteiger partial charge in [-0.05, 0) is 62.7 Å². The molecule has 33 heavy (non-hydrogen) atoms. The van der Waals surface area contributed by atoms with Gasteiger partial charge in [-0.3, -0.25) is 4.79 Å². The molecule has 0 saturated heterocycles. The van der Waals surface area contributed by atoms with Crippen LogP contribution in [-0.4, -0.2) is 31.5 Å². The number of aromatic nitrogens is 3. The molecule has 8 heteroatoms. The molecule has 7 nitrogen and oxygen atoms in total. The molecular formula is C25H23BrN4O3. The molecule has 0 amide bonds. The van der Waals surface area contributed by atoms with E-state index in [4.69, 9.17) is 0 Å². The Morgan fingerprint density at radius 2 is 1.97 bits per heavy atom. The molecule has 0 atom stereocenters. The van der Waals surface area contributed by atoms with Crippen LogP contribution in [0.4, 0.5) is 0 Å². The lowest BCUT2D eigenvalue weighted by Crippen LogP contribution is -2.22. The number of rotatable bonds is 6. The predicted octanol–water partition coefficient (Wildman–Crippen LogP) is 5.10. The molecule has 1 N–H and O–H groups in total. The van der Waals surface area contributed by atoms with Crippen molar-refractivity contribution in [2.75, 3.05) is 0 Å². The number of carboxylic acids is 1. The highest BCUT2D eigenvalue weighted by molar-refractivity contribution is 9.10. The zero-order valence-corrected chi connectivity index (χ0v) is 20.1. The molecule has 0 aliphatic carbocycles. The van der Waals surface area contributed by atoms with Crippen molar-refractivity contribution in [2.24, 2.45) is 5.10 Å². The van der Waals surface area contributed by atoms with Gasteiger partial charge in [-0.2, -0.15) is 9.78 Å². The molecule has 0 fully saturated rings. The van der Waals surface area contributed by atoms with E-state index in [9.17, 15) is 14.7 Å². The SMILES string of the molecule is CCCc1nc2ccc(Br)cc2c(=O)n1N=Cc1cc(C)n(-c2cccc(C(=O)O)c2)c1C. The van der Waals surface area contributed by atoms with Crippen molar-refractivity contribution >= 4 is 39.0 Å². The lowest BCUT2D eigenvalue weighted by Gasteiger charge is -2.10. The summed E-state index contributed by atoms with van der Waals surface area (Å²) >= 11 is 3.42. The van der Waals surface area contributed by atoms with Crippen molar-refractivity contribution in [1.29, 1.82) is 0 Å². The highest BCUT2D eigenvalue weighted by atomic mass is 79.9. The predicted molar refractivity (Wildman–Crippen MR) is 133 cm³/mol. The molecule has 4 aromatic rings. The third kappa shape index (κ3) is 4.39. The van der Waals surface area contributed by atoms with E-state index in [2.05, 4.69) is 26.0 Å². The summed E-state index contributed by atoms with van der Waals surface area (Å²) in [6.07, 6.45) is 3.12. The summed E-state index contributed by atoms with van der Waals surface area (Å²) in [5.41, 5.74) is 4.05. The van der Waals surface area contributed by atoms with E-state index in [1.165, 1.54) is 4.68 Å². The average molecular weight is 507 g/mol. The maximum atomic E-state index is 13.2.